The van der Waals surface area contributed by atoms with Crippen LogP contribution in [-0.2, 0) is 6.54 Å². The molecule has 2 nitrogen and oxygen atoms in total. The van der Waals surface area contributed by atoms with Crippen LogP contribution in [0.15, 0.2) is 48.5 Å². The predicted octanol–water partition coefficient (Wildman–Crippen LogP) is 4.38. The van der Waals surface area contributed by atoms with Gasteiger partial charge in [0.05, 0.1) is 0 Å². The van der Waals surface area contributed by atoms with Crippen LogP contribution in [0.3, 0.4) is 0 Å². The van der Waals surface area contributed by atoms with Crippen LogP contribution < -0.4 is 10.6 Å². The molecule has 0 heterocycles. The van der Waals surface area contributed by atoms with Crippen molar-refractivity contribution in [2.45, 2.75) is 33.2 Å². The summed E-state index contributed by atoms with van der Waals surface area (Å²) in [6, 6.07) is 16.8. The standard InChI is InChI=1S/C18H24N2/c1-3-4-12-20(17-8-6-5-7-9-17)14-16-13-15(2)10-11-18(16)19/h5-11,13H,3-4,12,14,19H2,1-2H3. The average Bonchev–Trinajstić information content (AvgIpc) is 2.48. The van der Waals surface area contributed by atoms with E-state index < -0.39 is 0 Å². The molecule has 0 spiro atoms. The first-order chi connectivity index (χ1) is 9.70. The first kappa shape index (κ1) is 14.4. The minimum atomic E-state index is 0.873. The molecule has 2 rings (SSSR count). The highest BCUT2D eigenvalue weighted by molar-refractivity contribution is 5.53. The maximum atomic E-state index is 6.12. The summed E-state index contributed by atoms with van der Waals surface area (Å²) in [5.41, 5.74) is 10.7. The minimum Gasteiger partial charge on any atom is -0.398 e. The van der Waals surface area contributed by atoms with Crippen molar-refractivity contribution in [3.8, 4) is 0 Å². The fourth-order valence-electron chi connectivity index (χ4n) is 2.36. The Labute approximate surface area is 122 Å². The van der Waals surface area contributed by atoms with E-state index in [9.17, 15) is 0 Å². The molecule has 20 heavy (non-hydrogen) atoms. The summed E-state index contributed by atoms with van der Waals surface area (Å²) in [6.07, 6.45) is 2.40. The van der Waals surface area contributed by atoms with Gasteiger partial charge in [0.15, 0.2) is 0 Å². The van der Waals surface area contributed by atoms with Crippen molar-refractivity contribution in [3.63, 3.8) is 0 Å². The lowest BCUT2D eigenvalue weighted by molar-refractivity contribution is 0.716. The zero-order valence-electron chi connectivity index (χ0n) is 12.5. The van der Waals surface area contributed by atoms with Crippen molar-refractivity contribution in [3.05, 3.63) is 59.7 Å². The summed E-state index contributed by atoms with van der Waals surface area (Å²) in [6.45, 7) is 6.28. The molecule has 0 amide bonds. The van der Waals surface area contributed by atoms with E-state index in [2.05, 4.69) is 61.2 Å². The molecular weight excluding hydrogens is 244 g/mol. The quantitative estimate of drug-likeness (QED) is 0.788. The molecule has 0 aliphatic carbocycles. The number of nitrogen functional groups attached to an aromatic ring is 1. The van der Waals surface area contributed by atoms with Crippen molar-refractivity contribution < 1.29 is 0 Å². The van der Waals surface area contributed by atoms with Gasteiger partial charge in [0, 0.05) is 24.5 Å². The van der Waals surface area contributed by atoms with Crippen molar-refractivity contribution in [2.75, 3.05) is 17.2 Å². The maximum absolute atomic E-state index is 6.12. The zero-order chi connectivity index (χ0) is 14.4. The number of nitrogens with two attached hydrogens (primary N) is 1. The van der Waals surface area contributed by atoms with Gasteiger partial charge >= 0.3 is 0 Å². The lowest BCUT2D eigenvalue weighted by Crippen LogP contribution is -2.24. The van der Waals surface area contributed by atoms with Gasteiger partial charge in [-0.1, -0.05) is 49.2 Å². The lowest BCUT2D eigenvalue weighted by atomic mass is 10.1. The molecule has 0 bridgehead atoms. The fraction of sp³-hybridized carbons (Fsp3) is 0.333. The van der Waals surface area contributed by atoms with Crippen LogP contribution in [0.5, 0.6) is 0 Å². The number of unbranched alkanes of at least 4 members (excludes halogenated alkanes) is 1. The van der Waals surface area contributed by atoms with E-state index in [1.165, 1.54) is 29.7 Å². The molecule has 0 aromatic heterocycles. The molecule has 106 valence electrons. The Morgan fingerprint density at radius 3 is 2.50 bits per heavy atom. The number of anilines is 2. The number of aryl methyl sites for hydroxylation is 1. The summed E-state index contributed by atoms with van der Waals surface area (Å²) in [7, 11) is 0. The summed E-state index contributed by atoms with van der Waals surface area (Å²) in [5.74, 6) is 0. The average molecular weight is 268 g/mol. The summed E-state index contributed by atoms with van der Waals surface area (Å²) < 4.78 is 0. The van der Waals surface area contributed by atoms with Gasteiger partial charge in [-0.2, -0.15) is 0 Å². The van der Waals surface area contributed by atoms with Crippen LogP contribution in [0.4, 0.5) is 11.4 Å². The van der Waals surface area contributed by atoms with Crippen LogP contribution in [0.1, 0.15) is 30.9 Å². The second-order valence-electron chi connectivity index (χ2n) is 5.31. The summed E-state index contributed by atoms with van der Waals surface area (Å²) in [4.78, 5) is 2.41. The van der Waals surface area contributed by atoms with Crippen LogP contribution >= 0.6 is 0 Å². The Kier molecular flexibility index (Phi) is 5.05. The van der Waals surface area contributed by atoms with Crippen molar-refractivity contribution in [1.29, 1.82) is 0 Å². The van der Waals surface area contributed by atoms with Crippen LogP contribution in [-0.4, -0.2) is 6.54 Å². The molecule has 0 aliphatic heterocycles. The monoisotopic (exact) mass is 268 g/mol. The van der Waals surface area contributed by atoms with Gasteiger partial charge in [-0.3, -0.25) is 0 Å². The Morgan fingerprint density at radius 2 is 1.80 bits per heavy atom. The molecule has 2 N–H and O–H groups in total. The number of rotatable bonds is 6. The molecule has 2 aromatic rings. The van der Waals surface area contributed by atoms with Gasteiger partial charge in [0.25, 0.3) is 0 Å². The van der Waals surface area contributed by atoms with Gasteiger partial charge in [0.2, 0.25) is 0 Å². The highest BCUT2D eigenvalue weighted by atomic mass is 15.1. The number of hydrogen-bond donors (Lipinski definition) is 1. The Bertz CT molecular complexity index is 534. The third-order valence-electron chi connectivity index (χ3n) is 3.56. The first-order valence-electron chi connectivity index (χ1n) is 7.35. The van der Waals surface area contributed by atoms with E-state index in [4.69, 9.17) is 5.73 Å². The fourth-order valence-corrected chi connectivity index (χ4v) is 2.36. The smallest absolute Gasteiger partial charge is 0.0449 e. The third kappa shape index (κ3) is 3.77. The summed E-state index contributed by atoms with van der Waals surface area (Å²) >= 11 is 0. The number of hydrogen-bond acceptors (Lipinski definition) is 2. The molecule has 2 heteroatoms. The summed E-state index contributed by atoms with van der Waals surface area (Å²) in [5, 5.41) is 0. The van der Waals surface area contributed by atoms with Gasteiger partial charge in [0.1, 0.15) is 0 Å². The topological polar surface area (TPSA) is 29.3 Å². The van der Waals surface area contributed by atoms with E-state index in [-0.39, 0.29) is 0 Å². The molecule has 0 saturated heterocycles. The molecule has 0 unspecified atom stereocenters. The van der Waals surface area contributed by atoms with E-state index in [1.54, 1.807) is 0 Å². The van der Waals surface area contributed by atoms with E-state index >= 15 is 0 Å². The molecular formula is C18H24N2. The Hall–Kier alpha value is -1.96. The number of nitrogens with zero attached hydrogens (tertiary/aromatic N) is 1. The van der Waals surface area contributed by atoms with Crippen molar-refractivity contribution >= 4 is 11.4 Å². The minimum absolute atomic E-state index is 0.873. The highest BCUT2D eigenvalue weighted by Gasteiger charge is 2.09. The molecule has 0 fully saturated rings. The van der Waals surface area contributed by atoms with Gasteiger partial charge in [-0.05, 0) is 37.1 Å². The largest absolute Gasteiger partial charge is 0.398 e. The molecule has 2 aromatic carbocycles. The van der Waals surface area contributed by atoms with Crippen LogP contribution in [0.25, 0.3) is 0 Å². The van der Waals surface area contributed by atoms with E-state index in [0.29, 0.717) is 0 Å². The predicted molar refractivity (Wildman–Crippen MR) is 88.0 cm³/mol. The highest BCUT2D eigenvalue weighted by Crippen LogP contribution is 2.21. The van der Waals surface area contributed by atoms with E-state index in [1.807, 2.05) is 6.07 Å². The number of benzene rings is 2. The molecule has 0 aliphatic rings. The Balaban J connectivity index is 2.21. The van der Waals surface area contributed by atoms with Gasteiger partial charge in [-0.25, -0.2) is 0 Å². The van der Waals surface area contributed by atoms with Crippen LogP contribution in [0.2, 0.25) is 0 Å². The molecule has 0 saturated carbocycles. The number of para-hydroxylation sites is 1. The van der Waals surface area contributed by atoms with Crippen molar-refractivity contribution in [1.82, 2.24) is 0 Å². The maximum Gasteiger partial charge on any atom is 0.0449 e. The lowest BCUT2D eigenvalue weighted by Gasteiger charge is -2.25. The normalized spacial score (nSPS) is 10.5. The Morgan fingerprint density at radius 1 is 1.05 bits per heavy atom. The van der Waals surface area contributed by atoms with E-state index in [0.717, 1.165) is 18.8 Å². The third-order valence-corrected chi connectivity index (χ3v) is 3.56. The van der Waals surface area contributed by atoms with Gasteiger partial charge < -0.3 is 10.6 Å². The van der Waals surface area contributed by atoms with Crippen molar-refractivity contribution in [2.24, 2.45) is 0 Å². The SMILES string of the molecule is CCCCN(Cc1cc(C)ccc1N)c1ccccc1. The zero-order valence-corrected chi connectivity index (χ0v) is 12.5. The second kappa shape index (κ2) is 6.99. The molecule has 0 atom stereocenters. The molecule has 0 radical (unpaired) electrons. The second-order valence-corrected chi connectivity index (χ2v) is 5.31. The van der Waals surface area contributed by atoms with Crippen LogP contribution in [0, 0.1) is 6.92 Å². The first-order valence-corrected chi connectivity index (χ1v) is 7.35. The van der Waals surface area contributed by atoms with Gasteiger partial charge in [-0.15, -0.1) is 0 Å².